The number of aliphatic imine (C=N–C) groups is 1. The highest BCUT2D eigenvalue weighted by atomic mass is 32.1. The van der Waals surface area contributed by atoms with Crippen LogP contribution in [0.3, 0.4) is 0 Å². The molecule has 2 aromatic rings. The Kier molecular flexibility index (Phi) is 5.75. The van der Waals surface area contributed by atoms with Crippen LogP contribution in [-0.4, -0.2) is 24.0 Å². The van der Waals surface area contributed by atoms with Gasteiger partial charge >= 0.3 is 0 Å². The van der Waals surface area contributed by atoms with E-state index in [1.807, 2.05) is 25.1 Å². The van der Waals surface area contributed by atoms with Gasteiger partial charge in [-0.1, -0.05) is 30.3 Å². The van der Waals surface area contributed by atoms with Gasteiger partial charge in [-0.2, -0.15) is 0 Å². The van der Waals surface area contributed by atoms with Crippen molar-refractivity contribution in [1.29, 1.82) is 0 Å². The molecule has 0 amide bonds. The van der Waals surface area contributed by atoms with E-state index in [1.54, 1.807) is 11.3 Å². The Morgan fingerprint density at radius 3 is 2.67 bits per heavy atom. The predicted octanol–water partition coefficient (Wildman–Crippen LogP) is 2.45. The molecule has 1 aromatic carbocycles. The molecule has 0 saturated heterocycles. The predicted molar refractivity (Wildman–Crippen MR) is 89.9 cm³/mol. The van der Waals surface area contributed by atoms with Gasteiger partial charge < -0.3 is 11.1 Å². The summed E-state index contributed by atoms with van der Waals surface area (Å²) < 4.78 is 0. The van der Waals surface area contributed by atoms with Crippen molar-refractivity contribution in [2.24, 2.45) is 10.7 Å². The Hall–Kier alpha value is -1.88. The Labute approximate surface area is 130 Å². The summed E-state index contributed by atoms with van der Waals surface area (Å²) in [5, 5.41) is 4.28. The van der Waals surface area contributed by atoms with Crippen molar-refractivity contribution < 1.29 is 0 Å². The maximum atomic E-state index is 5.86. The first-order chi connectivity index (χ1) is 10.1. The topological polar surface area (TPSA) is 63.3 Å². The van der Waals surface area contributed by atoms with Crippen molar-refractivity contribution in [3.05, 3.63) is 51.5 Å². The zero-order chi connectivity index (χ0) is 15.1. The largest absolute Gasteiger partial charge is 0.370 e. The Morgan fingerprint density at radius 2 is 2.00 bits per heavy atom. The third-order valence-electron chi connectivity index (χ3n) is 3.24. The molecule has 112 valence electrons. The molecule has 0 spiro atoms. The number of aromatic nitrogens is 1. The second-order valence-corrected chi connectivity index (χ2v) is 6.22. The molecule has 0 unspecified atom stereocenters. The molecule has 1 aromatic heterocycles. The van der Waals surface area contributed by atoms with Gasteiger partial charge in [-0.3, -0.25) is 4.99 Å². The van der Waals surface area contributed by atoms with E-state index in [2.05, 4.69) is 34.3 Å². The summed E-state index contributed by atoms with van der Waals surface area (Å²) in [6.45, 7) is 5.61. The smallest absolute Gasteiger partial charge is 0.188 e. The number of nitrogens with zero attached hydrogens (tertiary/aromatic N) is 2. The fourth-order valence-corrected chi connectivity index (χ4v) is 2.88. The van der Waals surface area contributed by atoms with Crippen LogP contribution in [0.2, 0.25) is 0 Å². The minimum atomic E-state index is 0.510. The molecule has 0 aliphatic heterocycles. The Morgan fingerprint density at radius 1 is 1.24 bits per heavy atom. The number of nitrogens with one attached hydrogen (secondary N) is 1. The number of nitrogens with two attached hydrogens (primary N) is 1. The molecule has 0 aliphatic carbocycles. The third kappa shape index (κ3) is 5.19. The lowest BCUT2D eigenvalue weighted by Gasteiger charge is -2.05. The SMILES string of the molecule is Cc1nc(CCN=C(N)NCCc2ccccc2)sc1C. The maximum absolute atomic E-state index is 5.86. The Bertz CT molecular complexity index is 570. The Balaban J connectivity index is 1.69. The quantitative estimate of drug-likeness (QED) is 0.636. The summed E-state index contributed by atoms with van der Waals surface area (Å²) >= 11 is 1.74. The molecule has 0 bridgehead atoms. The van der Waals surface area contributed by atoms with Crippen molar-refractivity contribution in [1.82, 2.24) is 10.3 Å². The van der Waals surface area contributed by atoms with Crippen molar-refractivity contribution >= 4 is 17.3 Å². The van der Waals surface area contributed by atoms with Gasteiger partial charge in [-0.05, 0) is 25.8 Å². The average molecular weight is 302 g/mol. The van der Waals surface area contributed by atoms with E-state index in [-0.39, 0.29) is 0 Å². The highest BCUT2D eigenvalue weighted by molar-refractivity contribution is 7.11. The number of benzene rings is 1. The number of hydrogen-bond acceptors (Lipinski definition) is 3. The van der Waals surface area contributed by atoms with Crippen LogP contribution in [0, 0.1) is 13.8 Å². The second-order valence-electron chi connectivity index (χ2n) is 4.93. The summed E-state index contributed by atoms with van der Waals surface area (Å²) in [5.41, 5.74) is 8.28. The lowest BCUT2D eigenvalue weighted by Crippen LogP contribution is -2.33. The number of thiazole rings is 1. The molecule has 5 heteroatoms. The molecule has 1 heterocycles. The minimum absolute atomic E-state index is 0.510. The first-order valence-corrected chi connectivity index (χ1v) is 7.97. The summed E-state index contributed by atoms with van der Waals surface area (Å²) in [5.74, 6) is 0.510. The van der Waals surface area contributed by atoms with Crippen LogP contribution in [0.15, 0.2) is 35.3 Å². The highest BCUT2D eigenvalue weighted by Gasteiger charge is 2.02. The minimum Gasteiger partial charge on any atom is -0.370 e. The van der Waals surface area contributed by atoms with Gasteiger partial charge in [0, 0.05) is 24.4 Å². The summed E-state index contributed by atoms with van der Waals surface area (Å²) in [6.07, 6.45) is 1.79. The summed E-state index contributed by atoms with van der Waals surface area (Å²) in [6, 6.07) is 10.3. The van der Waals surface area contributed by atoms with Crippen molar-refractivity contribution in [3.8, 4) is 0 Å². The molecule has 0 saturated carbocycles. The lowest BCUT2D eigenvalue weighted by molar-refractivity contribution is 0.842. The van der Waals surface area contributed by atoms with Gasteiger partial charge in [0.15, 0.2) is 5.96 Å². The zero-order valence-corrected chi connectivity index (χ0v) is 13.4. The standard InChI is InChI=1S/C16H22N4S/c1-12-13(2)21-15(20-12)9-11-19-16(17)18-10-8-14-6-4-3-5-7-14/h3-7H,8-11H2,1-2H3,(H3,17,18,19). The first-order valence-electron chi connectivity index (χ1n) is 7.16. The van der Waals surface area contributed by atoms with Crippen LogP contribution < -0.4 is 11.1 Å². The monoisotopic (exact) mass is 302 g/mol. The molecule has 0 aliphatic rings. The van der Waals surface area contributed by atoms with Crippen LogP contribution in [0.4, 0.5) is 0 Å². The van der Waals surface area contributed by atoms with Crippen molar-refractivity contribution in [2.45, 2.75) is 26.7 Å². The summed E-state index contributed by atoms with van der Waals surface area (Å²) in [4.78, 5) is 10.1. The van der Waals surface area contributed by atoms with Gasteiger partial charge in [-0.25, -0.2) is 4.98 Å². The van der Waals surface area contributed by atoms with Crippen molar-refractivity contribution in [3.63, 3.8) is 0 Å². The highest BCUT2D eigenvalue weighted by Crippen LogP contribution is 2.16. The van der Waals surface area contributed by atoms with Gasteiger partial charge in [0.25, 0.3) is 0 Å². The number of hydrogen-bond donors (Lipinski definition) is 2. The number of rotatable bonds is 6. The number of guanidine groups is 1. The van der Waals surface area contributed by atoms with E-state index < -0.39 is 0 Å². The fourth-order valence-electron chi connectivity index (χ4n) is 1.95. The molecule has 0 atom stereocenters. The molecule has 4 nitrogen and oxygen atoms in total. The molecule has 21 heavy (non-hydrogen) atoms. The van der Waals surface area contributed by atoms with Crippen LogP contribution >= 0.6 is 11.3 Å². The van der Waals surface area contributed by atoms with Crippen molar-refractivity contribution in [2.75, 3.05) is 13.1 Å². The second kappa shape index (κ2) is 7.78. The maximum Gasteiger partial charge on any atom is 0.188 e. The van der Waals surface area contributed by atoms with E-state index in [4.69, 9.17) is 5.73 Å². The van der Waals surface area contributed by atoms with Gasteiger partial charge in [0.1, 0.15) is 0 Å². The summed E-state index contributed by atoms with van der Waals surface area (Å²) in [7, 11) is 0. The average Bonchev–Trinajstić information content (AvgIpc) is 2.79. The third-order valence-corrected chi connectivity index (χ3v) is 4.38. The number of aryl methyl sites for hydroxylation is 2. The van der Waals surface area contributed by atoms with Crippen LogP contribution in [0.25, 0.3) is 0 Å². The molecule has 3 N–H and O–H groups in total. The zero-order valence-electron chi connectivity index (χ0n) is 12.6. The first kappa shape index (κ1) is 15.5. The van der Waals surface area contributed by atoms with E-state index in [1.165, 1.54) is 10.4 Å². The fraction of sp³-hybridized carbons (Fsp3) is 0.375. The lowest BCUT2D eigenvalue weighted by atomic mass is 10.1. The molecule has 2 rings (SSSR count). The molecular weight excluding hydrogens is 280 g/mol. The van der Waals surface area contributed by atoms with Crippen LogP contribution in [0.1, 0.15) is 21.1 Å². The van der Waals surface area contributed by atoms with E-state index in [0.29, 0.717) is 12.5 Å². The van der Waals surface area contributed by atoms with Crippen LogP contribution in [-0.2, 0) is 12.8 Å². The van der Waals surface area contributed by atoms with E-state index in [0.717, 1.165) is 30.1 Å². The van der Waals surface area contributed by atoms with Gasteiger partial charge in [0.2, 0.25) is 0 Å². The van der Waals surface area contributed by atoms with Gasteiger partial charge in [0.05, 0.1) is 10.7 Å². The molecular formula is C16H22N4S. The molecule has 0 fully saturated rings. The van der Waals surface area contributed by atoms with Crippen LogP contribution in [0.5, 0.6) is 0 Å². The van der Waals surface area contributed by atoms with E-state index >= 15 is 0 Å². The van der Waals surface area contributed by atoms with Gasteiger partial charge in [-0.15, -0.1) is 11.3 Å². The van der Waals surface area contributed by atoms with E-state index in [9.17, 15) is 0 Å². The normalized spacial score (nSPS) is 11.6. The molecule has 0 radical (unpaired) electrons.